The molecule has 7 aromatic carbocycles. The van der Waals surface area contributed by atoms with Gasteiger partial charge in [-0.15, -0.1) is 0 Å². The average Bonchev–Trinajstić information content (AvgIpc) is 3.51. The van der Waals surface area contributed by atoms with E-state index in [-0.39, 0.29) is 6.17 Å². The number of furan rings is 1. The Morgan fingerprint density at radius 1 is 0.511 bits per heavy atom. The molecule has 212 valence electrons. The summed E-state index contributed by atoms with van der Waals surface area (Å²) in [5.74, 6) is 1.46. The first-order valence-corrected chi connectivity index (χ1v) is 15.2. The maximum Gasteiger partial charge on any atom is 0.159 e. The number of nitrogens with zero attached hydrogens (tertiary/aromatic N) is 2. The maximum atomic E-state index is 6.45. The number of hydrogen-bond donors (Lipinski definition) is 1. The van der Waals surface area contributed by atoms with Crippen LogP contribution in [0.4, 0.5) is 0 Å². The number of hydrogen-bond acceptors (Lipinski definition) is 4. The second-order valence-corrected chi connectivity index (χ2v) is 11.4. The van der Waals surface area contributed by atoms with Crippen LogP contribution in [-0.4, -0.2) is 11.7 Å². The van der Waals surface area contributed by atoms with Crippen molar-refractivity contribution in [3.05, 3.63) is 168 Å². The fraction of sp³-hybridized carbons (Fsp3) is 0.0244. The van der Waals surface area contributed by atoms with Crippen molar-refractivity contribution >= 4 is 55.2 Å². The summed E-state index contributed by atoms with van der Waals surface area (Å²) in [7, 11) is 0. The summed E-state index contributed by atoms with van der Waals surface area (Å²) in [5, 5.41) is 10.6. The third-order valence-corrected chi connectivity index (χ3v) is 8.73. The van der Waals surface area contributed by atoms with Crippen LogP contribution in [0.15, 0.2) is 166 Å². The zero-order chi connectivity index (χ0) is 29.7. The van der Waals surface area contributed by atoms with E-state index in [0.29, 0.717) is 5.84 Å². The first-order valence-electron chi connectivity index (χ1n) is 15.2. The second-order valence-electron chi connectivity index (χ2n) is 11.4. The van der Waals surface area contributed by atoms with Crippen LogP contribution in [0.5, 0.6) is 0 Å². The SMILES string of the molecule is c1ccc(-c2cccc3oc4cccc(C5=NC(c6ccc7ccc8ccccc8c7c6)=NC(c6ccccc6)N5)c4c23)cc1. The molecule has 0 radical (unpaired) electrons. The largest absolute Gasteiger partial charge is 0.456 e. The van der Waals surface area contributed by atoms with Crippen LogP contribution in [-0.2, 0) is 0 Å². The van der Waals surface area contributed by atoms with Crippen molar-refractivity contribution in [3.63, 3.8) is 0 Å². The molecule has 9 rings (SSSR count). The summed E-state index contributed by atoms with van der Waals surface area (Å²) in [6.07, 6.45) is -0.307. The summed E-state index contributed by atoms with van der Waals surface area (Å²) in [5.41, 5.74) is 6.99. The van der Waals surface area contributed by atoms with Gasteiger partial charge in [-0.3, -0.25) is 0 Å². The predicted molar refractivity (Wildman–Crippen MR) is 186 cm³/mol. The molecule has 4 heteroatoms. The highest BCUT2D eigenvalue weighted by molar-refractivity contribution is 6.24. The Morgan fingerprint density at radius 3 is 1.96 bits per heavy atom. The Kier molecular flexibility index (Phi) is 5.85. The molecule has 1 aromatic heterocycles. The minimum atomic E-state index is -0.307. The summed E-state index contributed by atoms with van der Waals surface area (Å²) in [6.45, 7) is 0. The molecule has 0 aliphatic carbocycles. The molecule has 1 unspecified atom stereocenters. The average molecular weight is 578 g/mol. The van der Waals surface area contributed by atoms with Gasteiger partial charge in [-0.25, -0.2) is 9.98 Å². The second kappa shape index (κ2) is 10.3. The molecule has 8 aromatic rings. The Balaban J connectivity index is 1.27. The lowest BCUT2D eigenvalue weighted by Crippen LogP contribution is -2.33. The van der Waals surface area contributed by atoms with Crippen molar-refractivity contribution < 1.29 is 4.42 Å². The highest BCUT2D eigenvalue weighted by Crippen LogP contribution is 2.39. The molecule has 4 nitrogen and oxygen atoms in total. The van der Waals surface area contributed by atoms with Crippen LogP contribution in [0, 0.1) is 0 Å². The summed E-state index contributed by atoms with van der Waals surface area (Å²) < 4.78 is 6.45. The lowest BCUT2D eigenvalue weighted by atomic mass is 9.96. The van der Waals surface area contributed by atoms with Gasteiger partial charge in [0.1, 0.15) is 23.2 Å². The van der Waals surface area contributed by atoms with Gasteiger partial charge in [-0.1, -0.05) is 133 Å². The smallest absolute Gasteiger partial charge is 0.159 e. The first kappa shape index (κ1) is 25.5. The zero-order valence-electron chi connectivity index (χ0n) is 24.3. The van der Waals surface area contributed by atoms with Crippen molar-refractivity contribution in [1.29, 1.82) is 0 Å². The summed E-state index contributed by atoms with van der Waals surface area (Å²) in [6, 6.07) is 52.7. The van der Waals surface area contributed by atoms with E-state index in [2.05, 4.69) is 127 Å². The molecular formula is C41H27N3O. The fourth-order valence-electron chi connectivity index (χ4n) is 6.58. The third-order valence-electron chi connectivity index (χ3n) is 8.73. The van der Waals surface area contributed by atoms with Crippen LogP contribution >= 0.6 is 0 Å². The highest BCUT2D eigenvalue weighted by atomic mass is 16.3. The number of rotatable bonds is 4. The van der Waals surface area contributed by atoms with E-state index >= 15 is 0 Å². The molecular weight excluding hydrogens is 550 g/mol. The molecule has 45 heavy (non-hydrogen) atoms. The van der Waals surface area contributed by atoms with E-state index < -0.39 is 0 Å². The molecule has 0 fully saturated rings. The van der Waals surface area contributed by atoms with Gasteiger partial charge < -0.3 is 9.73 Å². The quantitative estimate of drug-likeness (QED) is 0.212. The van der Waals surface area contributed by atoms with Crippen LogP contribution in [0.1, 0.15) is 22.9 Å². The van der Waals surface area contributed by atoms with E-state index in [1.54, 1.807) is 0 Å². The monoisotopic (exact) mass is 577 g/mol. The molecule has 1 N–H and O–H groups in total. The molecule has 2 heterocycles. The van der Waals surface area contributed by atoms with Crippen molar-refractivity contribution in [2.75, 3.05) is 0 Å². The number of fused-ring (bicyclic) bond motifs is 6. The summed E-state index contributed by atoms with van der Waals surface area (Å²) >= 11 is 0. The first-order chi connectivity index (χ1) is 22.3. The molecule has 1 atom stereocenters. The molecule has 0 saturated heterocycles. The number of amidine groups is 2. The fourth-order valence-corrected chi connectivity index (χ4v) is 6.58. The molecule has 0 amide bonds. The summed E-state index contributed by atoms with van der Waals surface area (Å²) in [4.78, 5) is 10.4. The third kappa shape index (κ3) is 4.30. The number of benzene rings is 7. The van der Waals surface area contributed by atoms with E-state index in [1.165, 1.54) is 21.5 Å². The standard InChI is InChI=1S/C41H27N3O/c1-3-11-26(12-4-1)32-17-9-19-35-37(32)38-33(18-10-20-36(38)45-35)41-43-39(29-14-5-2-6-15-29)42-40(44-41)30-24-23-28-22-21-27-13-7-8-16-31(27)34(28)25-30/h1-25,39H,(H,42,43,44). The van der Waals surface area contributed by atoms with Crippen molar-refractivity contribution in [3.8, 4) is 11.1 Å². The van der Waals surface area contributed by atoms with E-state index in [9.17, 15) is 0 Å². The van der Waals surface area contributed by atoms with Crippen molar-refractivity contribution in [2.45, 2.75) is 6.17 Å². The van der Waals surface area contributed by atoms with Crippen LogP contribution < -0.4 is 5.32 Å². The minimum absolute atomic E-state index is 0.307. The van der Waals surface area contributed by atoms with Crippen LogP contribution in [0.2, 0.25) is 0 Å². The van der Waals surface area contributed by atoms with E-state index in [4.69, 9.17) is 14.4 Å². The molecule has 0 saturated carbocycles. The topological polar surface area (TPSA) is 49.9 Å². The number of aliphatic imine (C=N–C) groups is 2. The minimum Gasteiger partial charge on any atom is -0.456 e. The zero-order valence-corrected chi connectivity index (χ0v) is 24.3. The van der Waals surface area contributed by atoms with Crippen molar-refractivity contribution in [2.24, 2.45) is 9.98 Å². The maximum absolute atomic E-state index is 6.45. The Morgan fingerprint density at radius 2 is 1.16 bits per heavy atom. The van der Waals surface area contributed by atoms with Crippen LogP contribution in [0.25, 0.3) is 54.6 Å². The van der Waals surface area contributed by atoms with Gasteiger partial charge >= 0.3 is 0 Å². The molecule has 1 aliphatic heterocycles. The Hall–Kier alpha value is -6.00. The van der Waals surface area contributed by atoms with Crippen molar-refractivity contribution in [1.82, 2.24) is 5.32 Å². The normalized spacial score (nSPS) is 14.9. The number of nitrogens with one attached hydrogen (secondary N) is 1. The van der Waals surface area contributed by atoms with Gasteiger partial charge in [0, 0.05) is 21.9 Å². The predicted octanol–water partition coefficient (Wildman–Crippen LogP) is 10.1. The van der Waals surface area contributed by atoms with Gasteiger partial charge in [0.15, 0.2) is 5.84 Å². The van der Waals surface area contributed by atoms with E-state index in [0.717, 1.165) is 55.6 Å². The highest BCUT2D eigenvalue weighted by Gasteiger charge is 2.24. The van der Waals surface area contributed by atoms with Crippen LogP contribution in [0.3, 0.4) is 0 Å². The lowest BCUT2D eigenvalue weighted by Gasteiger charge is -2.24. The van der Waals surface area contributed by atoms with Gasteiger partial charge in [0.2, 0.25) is 0 Å². The Labute approximate surface area is 260 Å². The lowest BCUT2D eigenvalue weighted by molar-refractivity contribution is 0.668. The van der Waals surface area contributed by atoms with Gasteiger partial charge in [0.05, 0.1) is 0 Å². The van der Waals surface area contributed by atoms with Gasteiger partial charge in [-0.05, 0) is 56.4 Å². The molecule has 0 spiro atoms. The Bertz CT molecular complexity index is 2460. The van der Waals surface area contributed by atoms with Gasteiger partial charge in [0.25, 0.3) is 0 Å². The molecule has 0 bridgehead atoms. The van der Waals surface area contributed by atoms with Gasteiger partial charge in [-0.2, -0.15) is 0 Å². The molecule has 1 aliphatic rings. The van der Waals surface area contributed by atoms with E-state index in [1.807, 2.05) is 30.3 Å².